The molecular weight excluding hydrogens is 470 g/mol. The summed E-state index contributed by atoms with van der Waals surface area (Å²) in [4.78, 5) is 21.0. The summed E-state index contributed by atoms with van der Waals surface area (Å²) in [7, 11) is 1.35. The average molecular weight is 490 g/mol. The van der Waals surface area contributed by atoms with E-state index in [2.05, 4.69) is 15.3 Å². The number of ether oxygens (including phenoxy) is 1. The molecule has 0 fully saturated rings. The van der Waals surface area contributed by atoms with Crippen molar-refractivity contribution in [2.45, 2.75) is 30.6 Å². The Kier molecular flexibility index (Phi) is 6.78. The number of alkyl halides is 1. The molecule has 7 nitrogen and oxygen atoms in total. The Hall–Kier alpha value is -1.97. The average Bonchev–Trinajstić information content (AvgIpc) is 2.99. The van der Waals surface area contributed by atoms with Crippen LogP contribution in [0, 0.1) is 0 Å². The highest BCUT2D eigenvalue weighted by Crippen LogP contribution is 2.50. The smallest absolute Gasteiger partial charge is 0.275 e. The second-order valence-corrected chi connectivity index (χ2v) is 8.50. The van der Waals surface area contributed by atoms with E-state index < -0.39 is 29.8 Å². The van der Waals surface area contributed by atoms with Crippen LogP contribution >= 0.6 is 34.8 Å². The number of amidine groups is 1. The molecule has 11 heteroatoms. The maximum Gasteiger partial charge on any atom is 0.275 e. The largest absolute Gasteiger partial charge is 0.387 e. The quantitative estimate of drug-likeness (QED) is 0.568. The Morgan fingerprint density at radius 3 is 2.68 bits per heavy atom. The molecule has 2 aromatic rings. The van der Waals surface area contributed by atoms with Gasteiger partial charge in [0.25, 0.3) is 5.91 Å². The van der Waals surface area contributed by atoms with Gasteiger partial charge in [0.1, 0.15) is 29.6 Å². The molecule has 1 aliphatic heterocycles. The van der Waals surface area contributed by atoms with Gasteiger partial charge >= 0.3 is 0 Å². The summed E-state index contributed by atoms with van der Waals surface area (Å²) in [6, 6.07) is 6.07. The van der Waals surface area contributed by atoms with Crippen LogP contribution in [0.25, 0.3) is 0 Å². The van der Waals surface area contributed by atoms with Crippen LogP contribution in [-0.2, 0) is 10.3 Å². The number of nitrogens with one attached hydrogen (secondary N) is 1. The van der Waals surface area contributed by atoms with Crippen LogP contribution in [0.1, 0.15) is 29.4 Å². The molecule has 0 radical (unpaired) electrons. The lowest BCUT2D eigenvalue weighted by Crippen LogP contribution is -2.57. The number of methoxy groups -OCH3 is 1. The van der Waals surface area contributed by atoms with Gasteiger partial charge in [-0.1, -0.05) is 34.8 Å². The van der Waals surface area contributed by atoms with Crippen molar-refractivity contribution >= 4 is 52.2 Å². The number of aliphatic imine (C=N–C) groups is 1. The number of aliphatic hydroxyl groups excluding tert-OH is 1. The summed E-state index contributed by atoms with van der Waals surface area (Å²) in [5.41, 5.74) is 3.85. The van der Waals surface area contributed by atoms with Crippen LogP contribution in [0.2, 0.25) is 15.1 Å². The number of rotatable bonds is 6. The highest BCUT2D eigenvalue weighted by atomic mass is 35.5. The van der Waals surface area contributed by atoms with Crippen molar-refractivity contribution < 1.29 is 19.0 Å². The first-order valence-electron chi connectivity index (χ1n) is 9.13. The van der Waals surface area contributed by atoms with Crippen LogP contribution in [0.15, 0.2) is 35.5 Å². The third-order valence-corrected chi connectivity index (χ3v) is 6.28. The standard InChI is InChI=1S/C20H20Cl3FN4O3/c1-19(20(31-2,15(29)8-24)7-16(25)28-19)12-6-11(3-4-13(12)22)27-18(30)17-14(23)5-10(21)9-26-17/h3-6,9,15,29H,7-8H2,1-2H3,(H2,25,28)(H,27,30)/t15-,19-,20-/m1/s1. The summed E-state index contributed by atoms with van der Waals surface area (Å²) < 4.78 is 19.1. The number of nitrogens with two attached hydrogens (primary N) is 1. The first kappa shape index (κ1) is 23.7. The van der Waals surface area contributed by atoms with Crippen LogP contribution in [0.4, 0.5) is 10.1 Å². The molecule has 31 heavy (non-hydrogen) atoms. The summed E-state index contributed by atoms with van der Waals surface area (Å²) >= 11 is 18.3. The van der Waals surface area contributed by atoms with Gasteiger partial charge in [-0.05, 0) is 31.2 Å². The summed E-state index contributed by atoms with van der Waals surface area (Å²) in [6.45, 7) is 0.570. The zero-order valence-electron chi connectivity index (χ0n) is 16.6. The number of benzene rings is 1. The molecule has 1 aromatic heterocycles. The Morgan fingerprint density at radius 1 is 1.35 bits per heavy atom. The minimum Gasteiger partial charge on any atom is -0.387 e. The van der Waals surface area contributed by atoms with Gasteiger partial charge in [0.05, 0.1) is 15.9 Å². The number of aliphatic hydroxyl groups is 1. The fourth-order valence-corrected chi connectivity index (χ4v) is 4.64. The number of nitrogens with zero attached hydrogens (tertiary/aromatic N) is 2. The Balaban J connectivity index is 2.03. The van der Waals surface area contributed by atoms with Gasteiger partial charge in [-0.3, -0.25) is 9.79 Å². The van der Waals surface area contributed by atoms with Crippen LogP contribution < -0.4 is 11.1 Å². The third-order valence-electron chi connectivity index (χ3n) is 5.46. The van der Waals surface area contributed by atoms with E-state index in [0.717, 1.165) is 0 Å². The number of carbonyl (C=O) groups is 1. The molecule has 0 bridgehead atoms. The fourth-order valence-electron chi connectivity index (χ4n) is 3.87. The second-order valence-electron chi connectivity index (χ2n) is 7.25. The SMILES string of the molecule is CO[C@@]1([C@H](O)CF)CC(N)=N[C@]1(C)c1cc(NC(=O)c2ncc(Cl)cc2Cl)ccc1Cl. The summed E-state index contributed by atoms with van der Waals surface area (Å²) in [6.07, 6.45) is -0.209. The molecule has 2 heterocycles. The van der Waals surface area contributed by atoms with E-state index in [4.69, 9.17) is 45.3 Å². The lowest BCUT2D eigenvalue weighted by molar-refractivity contribution is -0.140. The Labute approximate surface area is 193 Å². The molecule has 0 spiro atoms. The molecule has 3 rings (SSSR count). The number of carbonyl (C=O) groups excluding carboxylic acids is 1. The van der Waals surface area contributed by atoms with E-state index in [1.807, 2.05) is 0 Å². The van der Waals surface area contributed by atoms with Crippen molar-refractivity contribution in [2.75, 3.05) is 19.1 Å². The molecule has 166 valence electrons. The number of amides is 1. The fraction of sp³-hybridized carbons (Fsp3) is 0.350. The van der Waals surface area contributed by atoms with E-state index in [0.29, 0.717) is 16.3 Å². The minimum atomic E-state index is -1.52. The predicted molar refractivity (Wildman–Crippen MR) is 119 cm³/mol. The molecule has 3 atom stereocenters. The Bertz CT molecular complexity index is 1050. The number of halogens is 4. The molecule has 0 aliphatic carbocycles. The number of hydrogen-bond donors (Lipinski definition) is 3. The van der Waals surface area contributed by atoms with Crippen molar-refractivity contribution in [1.82, 2.24) is 4.98 Å². The van der Waals surface area contributed by atoms with Gasteiger partial charge in [0, 0.05) is 36.0 Å². The zero-order valence-corrected chi connectivity index (χ0v) is 18.9. The van der Waals surface area contributed by atoms with Crippen molar-refractivity contribution in [1.29, 1.82) is 0 Å². The van der Waals surface area contributed by atoms with Crippen LogP contribution in [0.5, 0.6) is 0 Å². The van der Waals surface area contributed by atoms with E-state index >= 15 is 0 Å². The predicted octanol–water partition coefficient (Wildman–Crippen LogP) is 3.99. The van der Waals surface area contributed by atoms with Crippen molar-refractivity contribution in [2.24, 2.45) is 10.7 Å². The van der Waals surface area contributed by atoms with E-state index in [1.54, 1.807) is 25.1 Å². The molecule has 0 saturated carbocycles. The van der Waals surface area contributed by atoms with E-state index in [1.165, 1.54) is 19.4 Å². The summed E-state index contributed by atoms with van der Waals surface area (Å²) in [5, 5.41) is 13.8. The second kappa shape index (κ2) is 8.88. The molecule has 1 amide bonds. The van der Waals surface area contributed by atoms with Crippen molar-refractivity contribution in [3.05, 3.63) is 56.8 Å². The van der Waals surface area contributed by atoms with Gasteiger partial charge in [-0.2, -0.15) is 0 Å². The highest BCUT2D eigenvalue weighted by Gasteiger charge is 2.59. The molecule has 4 N–H and O–H groups in total. The van der Waals surface area contributed by atoms with Crippen molar-refractivity contribution in [3.63, 3.8) is 0 Å². The number of hydrogen-bond acceptors (Lipinski definition) is 6. The topological polar surface area (TPSA) is 110 Å². The van der Waals surface area contributed by atoms with Crippen LogP contribution in [0.3, 0.4) is 0 Å². The first-order chi connectivity index (χ1) is 14.6. The van der Waals surface area contributed by atoms with Gasteiger partial charge in [0.2, 0.25) is 0 Å². The van der Waals surface area contributed by atoms with Crippen LogP contribution in [-0.4, -0.2) is 47.3 Å². The molecular formula is C20H20Cl3FN4O3. The van der Waals surface area contributed by atoms with Gasteiger partial charge in [0.15, 0.2) is 0 Å². The lowest BCUT2D eigenvalue weighted by Gasteiger charge is -2.43. The number of anilines is 1. The van der Waals surface area contributed by atoms with Gasteiger partial charge < -0.3 is 20.9 Å². The highest BCUT2D eigenvalue weighted by molar-refractivity contribution is 6.36. The molecule has 0 unspecified atom stereocenters. The minimum absolute atomic E-state index is 0.00229. The van der Waals surface area contributed by atoms with E-state index in [-0.39, 0.29) is 28.0 Å². The molecule has 1 aliphatic rings. The van der Waals surface area contributed by atoms with E-state index in [9.17, 15) is 14.3 Å². The maximum atomic E-state index is 13.5. The summed E-state index contributed by atoms with van der Waals surface area (Å²) in [5.74, 6) is -0.393. The zero-order chi connectivity index (χ0) is 23.0. The number of pyridine rings is 1. The lowest BCUT2D eigenvalue weighted by atomic mass is 9.73. The maximum absolute atomic E-state index is 13.5. The van der Waals surface area contributed by atoms with Crippen molar-refractivity contribution in [3.8, 4) is 0 Å². The number of aromatic nitrogens is 1. The molecule has 1 aromatic carbocycles. The third kappa shape index (κ3) is 4.10. The molecule has 0 saturated heterocycles. The normalized spacial score (nSPS) is 24.0. The van der Waals surface area contributed by atoms with Gasteiger partial charge in [-0.25, -0.2) is 9.37 Å². The first-order valence-corrected chi connectivity index (χ1v) is 10.3. The Morgan fingerprint density at radius 2 is 2.06 bits per heavy atom. The monoisotopic (exact) mass is 488 g/mol. The van der Waals surface area contributed by atoms with Gasteiger partial charge in [-0.15, -0.1) is 0 Å².